The Bertz CT molecular complexity index is 1320. The average molecular weight is 472 g/mol. The van der Waals surface area contributed by atoms with Gasteiger partial charge in [-0.1, -0.05) is 25.1 Å². The van der Waals surface area contributed by atoms with Gasteiger partial charge >= 0.3 is 0 Å². The first-order valence-electron chi connectivity index (χ1n) is 11.6. The van der Waals surface area contributed by atoms with Gasteiger partial charge < -0.3 is 25.0 Å². The Kier molecular flexibility index (Phi) is 5.43. The number of fused-ring (bicyclic) bond motifs is 4. The van der Waals surface area contributed by atoms with E-state index < -0.39 is 11.6 Å². The van der Waals surface area contributed by atoms with Gasteiger partial charge in [-0.15, -0.1) is 0 Å². The van der Waals surface area contributed by atoms with Crippen molar-refractivity contribution in [1.82, 2.24) is 10.6 Å². The number of amides is 2. The van der Waals surface area contributed by atoms with Crippen molar-refractivity contribution in [3.63, 3.8) is 0 Å². The summed E-state index contributed by atoms with van der Waals surface area (Å²) in [5.41, 5.74) is 3.99. The number of nitrogens with zero attached hydrogens (tertiary/aromatic N) is 1. The van der Waals surface area contributed by atoms with Crippen LogP contribution in [0.3, 0.4) is 0 Å². The van der Waals surface area contributed by atoms with E-state index in [0.717, 1.165) is 22.4 Å². The van der Waals surface area contributed by atoms with E-state index in [4.69, 9.17) is 9.47 Å². The summed E-state index contributed by atoms with van der Waals surface area (Å²) in [6.07, 6.45) is 0. The molecule has 0 unspecified atom stereocenters. The van der Waals surface area contributed by atoms with Gasteiger partial charge in [-0.05, 0) is 47.5 Å². The molecule has 7 heteroatoms. The molecule has 0 radical (unpaired) electrons. The van der Waals surface area contributed by atoms with E-state index in [0.29, 0.717) is 22.6 Å². The second kappa shape index (κ2) is 8.34. The van der Waals surface area contributed by atoms with Gasteiger partial charge in [0, 0.05) is 48.5 Å². The van der Waals surface area contributed by atoms with E-state index in [9.17, 15) is 9.59 Å². The van der Waals surface area contributed by atoms with Crippen molar-refractivity contribution < 1.29 is 19.1 Å². The van der Waals surface area contributed by atoms with Crippen molar-refractivity contribution in [3.8, 4) is 11.5 Å². The lowest BCUT2D eigenvalue weighted by Gasteiger charge is -2.33. The molecule has 3 aromatic carbocycles. The highest BCUT2D eigenvalue weighted by atomic mass is 16.5. The van der Waals surface area contributed by atoms with E-state index in [1.165, 1.54) is 0 Å². The van der Waals surface area contributed by atoms with Crippen LogP contribution in [0.5, 0.6) is 11.5 Å². The molecule has 5 rings (SSSR count). The van der Waals surface area contributed by atoms with Gasteiger partial charge in [-0.25, -0.2) is 0 Å². The van der Waals surface area contributed by atoms with Crippen molar-refractivity contribution in [2.45, 2.75) is 18.5 Å². The van der Waals surface area contributed by atoms with Gasteiger partial charge in [0.2, 0.25) is 0 Å². The third-order valence-corrected chi connectivity index (χ3v) is 7.33. The normalized spacial score (nSPS) is 21.8. The highest BCUT2D eigenvalue weighted by Crippen LogP contribution is 2.57. The van der Waals surface area contributed by atoms with E-state index in [1.807, 2.05) is 86.6 Å². The van der Waals surface area contributed by atoms with Crippen LogP contribution in [0.4, 0.5) is 5.69 Å². The highest BCUT2D eigenvalue weighted by molar-refractivity contribution is 6.01. The van der Waals surface area contributed by atoms with Crippen molar-refractivity contribution >= 4 is 17.5 Å². The molecule has 0 saturated heterocycles. The molecule has 0 saturated carbocycles. The zero-order valence-corrected chi connectivity index (χ0v) is 20.5. The number of carbonyl (C=O) groups is 2. The van der Waals surface area contributed by atoms with Gasteiger partial charge in [0.15, 0.2) is 0 Å². The first-order chi connectivity index (χ1) is 16.8. The van der Waals surface area contributed by atoms with Gasteiger partial charge in [-0.3, -0.25) is 9.59 Å². The zero-order chi connectivity index (χ0) is 24.9. The summed E-state index contributed by atoms with van der Waals surface area (Å²) in [5, 5.41) is 6.49. The fraction of sp³-hybridized carbons (Fsp3) is 0.286. The molecular formula is C28H29N3O4. The SMILES string of the molecule is COc1cc(OC)c2c(c1)[C@]1(NC(=O)c3ccccc31)[C@H](C)[C@H]2NC(=O)c1ccc(N(C)C)cc1. The summed E-state index contributed by atoms with van der Waals surface area (Å²) in [6, 6.07) is 18.4. The quantitative estimate of drug-likeness (QED) is 0.591. The number of methoxy groups -OCH3 is 2. The number of carbonyl (C=O) groups excluding carboxylic acids is 2. The van der Waals surface area contributed by atoms with Crippen molar-refractivity contribution in [1.29, 1.82) is 0 Å². The van der Waals surface area contributed by atoms with Crippen LogP contribution < -0.4 is 25.0 Å². The van der Waals surface area contributed by atoms with Crippen LogP contribution in [-0.2, 0) is 5.54 Å². The van der Waals surface area contributed by atoms with Gasteiger partial charge in [0.1, 0.15) is 11.5 Å². The predicted octanol–water partition coefficient (Wildman–Crippen LogP) is 3.88. The monoisotopic (exact) mass is 471 g/mol. The highest BCUT2D eigenvalue weighted by Gasteiger charge is 2.57. The van der Waals surface area contributed by atoms with E-state index >= 15 is 0 Å². The molecule has 0 aromatic heterocycles. The molecule has 3 aromatic rings. The molecule has 2 aliphatic rings. The van der Waals surface area contributed by atoms with Crippen LogP contribution in [0.1, 0.15) is 50.4 Å². The number of hydrogen-bond acceptors (Lipinski definition) is 5. The van der Waals surface area contributed by atoms with Crippen LogP contribution in [0.25, 0.3) is 0 Å². The maximum atomic E-state index is 13.4. The Hall–Kier alpha value is -4.00. The topological polar surface area (TPSA) is 79.9 Å². The fourth-order valence-electron chi connectivity index (χ4n) is 5.52. The van der Waals surface area contributed by atoms with Gasteiger partial charge in [0.25, 0.3) is 11.8 Å². The molecule has 1 aliphatic carbocycles. The zero-order valence-electron chi connectivity index (χ0n) is 20.5. The summed E-state index contributed by atoms with van der Waals surface area (Å²) in [7, 11) is 7.12. The molecular weight excluding hydrogens is 442 g/mol. The number of benzene rings is 3. The first-order valence-corrected chi connectivity index (χ1v) is 11.6. The largest absolute Gasteiger partial charge is 0.497 e. The Morgan fingerprint density at radius 3 is 2.37 bits per heavy atom. The number of nitrogens with one attached hydrogen (secondary N) is 2. The second-order valence-electron chi connectivity index (χ2n) is 9.28. The molecule has 1 heterocycles. The van der Waals surface area contributed by atoms with Crippen LogP contribution >= 0.6 is 0 Å². The molecule has 2 N–H and O–H groups in total. The van der Waals surface area contributed by atoms with Gasteiger partial charge in [0.05, 0.1) is 25.8 Å². The standard InChI is InChI=1S/C28H29N3O4/c1-16-25(29-26(32)17-10-12-18(13-11-17)31(2)3)24-22(14-19(34-4)15-23(24)35-5)28(16)21-9-7-6-8-20(21)27(33)30-28/h6-16,25H,1-5H3,(H,29,32)(H,30,33)/t16-,25-,28+/m1/s1. The Labute approximate surface area is 205 Å². The third kappa shape index (κ3) is 3.33. The smallest absolute Gasteiger partial charge is 0.252 e. The predicted molar refractivity (Wildman–Crippen MR) is 134 cm³/mol. The summed E-state index contributed by atoms with van der Waals surface area (Å²) >= 11 is 0. The minimum Gasteiger partial charge on any atom is -0.497 e. The van der Waals surface area contributed by atoms with Crippen molar-refractivity contribution in [2.75, 3.05) is 33.2 Å². The number of hydrogen-bond donors (Lipinski definition) is 2. The number of rotatable bonds is 5. The van der Waals surface area contributed by atoms with Crippen LogP contribution in [0.15, 0.2) is 60.7 Å². The van der Waals surface area contributed by atoms with E-state index in [2.05, 4.69) is 10.6 Å². The third-order valence-electron chi connectivity index (χ3n) is 7.33. The molecule has 0 bridgehead atoms. The van der Waals surface area contributed by atoms with Crippen molar-refractivity contribution in [2.24, 2.45) is 5.92 Å². The summed E-state index contributed by atoms with van der Waals surface area (Å²) in [4.78, 5) is 28.4. The molecule has 180 valence electrons. The average Bonchev–Trinajstić information content (AvgIpc) is 3.30. The Balaban J connectivity index is 1.63. The molecule has 1 aliphatic heterocycles. The first kappa shape index (κ1) is 22.8. The Morgan fingerprint density at radius 2 is 1.71 bits per heavy atom. The minimum absolute atomic E-state index is 0.133. The van der Waals surface area contributed by atoms with Crippen LogP contribution in [-0.4, -0.2) is 40.1 Å². The maximum absolute atomic E-state index is 13.4. The van der Waals surface area contributed by atoms with E-state index in [-0.39, 0.29) is 17.7 Å². The van der Waals surface area contributed by atoms with Gasteiger partial charge in [-0.2, -0.15) is 0 Å². The molecule has 3 atom stereocenters. The number of anilines is 1. The fourth-order valence-corrected chi connectivity index (χ4v) is 5.52. The molecule has 7 nitrogen and oxygen atoms in total. The summed E-state index contributed by atoms with van der Waals surface area (Å²) < 4.78 is 11.3. The molecule has 1 spiro atoms. The molecule has 2 amide bonds. The number of ether oxygens (including phenoxy) is 2. The van der Waals surface area contributed by atoms with Crippen LogP contribution in [0.2, 0.25) is 0 Å². The van der Waals surface area contributed by atoms with Crippen LogP contribution in [0, 0.1) is 5.92 Å². The lowest BCUT2D eigenvalue weighted by atomic mass is 9.78. The Morgan fingerprint density at radius 1 is 1.00 bits per heavy atom. The lowest BCUT2D eigenvalue weighted by Crippen LogP contribution is -2.46. The summed E-state index contributed by atoms with van der Waals surface area (Å²) in [6.45, 7) is 2.05. The molecule has 0 fully saturated rings. The lowest BCUT2D eigenvalue weighted by molar-refractivity contribution is 0.0895. The van der Waals surface area contributed by atoms with E-state index in [1.54, 1.807) is 14.2 Å². The molecule has 35 heavy (non-hydrogen) atoms. The second-order valence-corrected chi connectivity index (χ2v) is 9.28. The minimum atomic E-state index is -0.822. The van der Waals surface area contributed by atoms with Crippen molar-refractivity contribution in [3.05, 3.63) is 88.5 Å². The maximum Gasteiger partial charge on any atom is 0.252 e. The summed E-state index contributed by atoms with van der Waals surface area (Å²) in [5.74, 6) is 0.709.